The van der Waals surface area contributed by atoms with Gasteiger partial charge in [-0.15, -0.1) is 0 Å². The van der Waals surface area contributed by atoms with Crippen molar-refractivity contribution in [3.8, 4) is 0 Å². The topological polar surface area (TPSA) is 78.9 Å². The summed E-state index contributed by atoms with van der Waals surface area (Å²) in [6, 6.07) is -0.268. The van der Waals surface area contributed by atoms with Crippen LogP contribution < -0.4 is 5.32 Å². The van der Waals surface area contributed by atoms with E-state index in [1.807, 2.05) is 13.8 Å². The van der Waals surface area contributed by atoms with Crippen molar-refractivity contribution < 1.29 is 19.4 Å². The van der Waals surface area contributed by atoms with Crippen LogP contribution >= 0.6 is 0 Å². The smallest absolute Gasteiger partial charge is 0.317 e. The second-order valence-electron chi connectivity index (χ2n) is 4.63. The molecule has 0 rings (SSSR count). The molecule has 0 fully saturated rings. The highest BCUT2D eigenvalue weighted by Crippen LogP contribution is 2.00. The molecule has 0 aliphatic heterocycles. The molecule has 0 saturated carbocycles. The van der Waals surface area contributed by atoms with E-state index in [4.69, 9.17) is 9.84 Å². The molecule has 0 radical (unpaired) electrons. The Bertz CT molecular complexity index is 269. The van der Waals surface area contributed by atoms with Gasteiger partial charge in [0.15, 0.2) is 0 Å². The van der Waals surface area contributed by atoms with Crippen LogP contribution in [0.1, 0.15) is 40.0 Å². The largest absolute Gasteiger partial charge is 0.481 e. The summed E-state index contributed by atoms with van der Waals surface area (Å²) in [5.74, 6) is -0.902. The van der Waals surface area contributed by atoms with E-state index in [-0.39, 0.29) is 25.0 Å². The van der Waals surface area contributed by atoms with E-state index in [1.54, 1.807) is 0 Å². The highest BCUT2D eigenvalue weighted by Gasteiger charge is 2.17. The minimum absolute atomic E-state index is 0.0274. The van der Waals surface area contributed by atoms with Crippen LogP contribution in [-0.2, 0) is 9.53 Å². The number of carbonyl (C=O) groups is 2. The second-order valence-corrected chi connectivity index (χ2v) is 4.63. The van der Waals surface area contributed by atoms with E-state index in [0.717, 1.165) is 12.8 Å². The van der Waals surface area contributed by atoms with Crippen LogP contribution in [0.25, 0.3) is 0 Å². The molecule has 0 spiro atoms. The standard InChI is InChI=1S/C13H26N2O4/c1-4-5-9-19-10-7-14-13(18)15(11(2)3)8-6-12(16)17/h11H,4-10H2,1-3H3,(H,14,18)(H,16,17). The average Bonchev–Trinajstić information content (AvgIpc) is 2.33. The van der Waals surface area contributed by atoms with Crippen LogP contribution in [0.4, 0.5) is 4.79 Å². The summed E-state index contributed by atoms with van der Waals surface area (Å²) in [7, 11) is 0. The monoisotopic (exact) mass is 274 g/mol. The number of urea groups is 1. The fourth-order valence-electron chi connectivity index (χ4n) is 1.49. The first kappa shape index (κ1) is 17.7. The summed E-state index contributed by atoms with van der Waals surface area (Å²) in [5, 5.41) is 11.4. The fraction of sp³-hybridized carbons (Fsp3) is 0.846. The molecule has 0 aromatic rings. The van der Waals surface area contributed by atoms with E-state index in [0.29, 0.717) is 19.8 Å². The zero-order chi connectivity index (χ0) is 14.7. The lowest BCUT2D eigenvalue weighted by Crippen LogP contribution is -2.45. The minimum atomic E-state index is -0.902. The Kier molecular flexibility index (Phi) is 9.88. The van der Waals surface area contributed by atoms with Crippen LogP contribution in [0.5, 0.6) is 0 Å². The van der Waals surface area contributed by atoms with E-state index < -0.39 is 5.97 Å². The highest BCUT2D eigenvalue weighted by atomic mass is 16.5. The molecule has 0 aromatic heterocycles. The van der Waals surface area contributed by atoms with Gasteiger partial charge in [0.25, 0.3) is 0 Å². The first-order chi connectivity index (χ1) is 8.99. The van der Waals surface area contributed by atoms with E-state index in [2.05, 4.69) is 12.2 Å². The van der Waals surface area contributed by atoms with Gasteiger partial charge in [0.1, 0.15) is 0 Å². The molecular formula is C13H26N2O4. The Morgan fingerprint density at radius 3 is 2.53 bits per heavy atom. The maximum atomic E-state index is 11.9. The molecule has 6 heteroatoms. The molecule has 0 saturated heterocycles. The number of carbonyl (C=O) groups excluding carboxylic acids is 1. The Labute approximate surface area is 115 Å². The van der Waals surface area contributed by atoms with Crippen molar-refractivity contribution in [3.63, 3.8) is 0 Å². The van der Waals surface area contributed by atoms with Crippen molar-refractivity contribution in [2.24, 2.45) is 0 Å². The molecule has 19 heavy (non-hydrogen) atoms. The zero-order valence-electron chi connectivity index (χ0n) is 12.1. The van der Waals surface area contributed by atoms with Gasteiger partial charge in [-0.1, -0.05) is 13.3 Å². The summed E-state index contributed by atoms with van der Waals surface area (Å²) < 4.78 is 5.34. The second kappa shape index (κ2) is 10.6. The maximum absolute atomic E-state index is 11.9. The third kappa shape index (κ3) is 9.30. The molecule has 112 valence electrons. The minimum Gasteiger partial charge on any atom is -0.481 e. The SMILES string of the molecule is CCCCOCCNC(=O)N(CCC(=O)O)C(C)C. The van der Waals surface area contributed by atoms with Gasteiger partial charge in [-0.2, -0.15) is 0 Å². The average molecular weight is 274 g/mol. The maximum Gasteiger partial charge on any atom is 0.317 e. The van der Waals surface area contributed by atoms with Gasteiger partial charge in [-0.25, -0.2) is 4.79 Å². The van der Waals surface area contributed by atoms with E-state index in [9.17, 15) is 9.59 Å². The first-order valence-electron chi connectivity index (χ1n) is 6.83. The molecule has 0 aliphatic carbocycles. The number of carboxylic acids is 1. The molecule has 6 nitrogen and oxygen atoms in total. The van der Waals surface area contributed by atoms with Gasteiger partial charge in [-0.05, 0) is 20.3 Å². The molecule has 2 N–H and O–H groups in total. The van der Waals surface area contributed by atoms with Crippen LogP contribution in [0.15, 0.2) is 0 Å². The lowest BCUT2D eigenvalue weighted by atomic mass is 10.3. The third-order valence-corrected chi connectivity index (χ3v) is 2.62. The summed E-state index contributed by atoms with van der Waals surface area (Å²) in [4.78, 5) is 23.9. The third-order valence-electron chi connectivity index (χ3n) is 2.62. The number of aliphatic carboxylic acids is 1. The van der Waals surface area contributed by atoms with Crippen LogP contribution in [0.3, 0.4) is 0 Å². The Morgan fingerprint density at radius 2 is 2.00 bits per heavy atom. The zero-order valence-corrected chi connectivity index (χ0v) is 12.1. The molecule has 0 heterocycles. The van der Waals surface area contributed by atoms with Gasteiger partial charge in [0.2, 0.25) is 0 Å². The number of ether oxygens (including phenoxy) is 1. The fourth-order valence-corrected chi connectivity index (χ4v) is 1.49. The van der Waals surface area contributed by atoms with Crippen LogP contribution in [-0.4, -0.2) is 54.4 Å². The Balaban J connectivity index is 3.88. The molecule has 0 aliphatic rings. The van der Waals surface area contributed by atoms with Gasteiger partial charge >= 0.3 is 12.0 Å². The number of carboxylic acid groups (broad SMARTS) is 1. The summed E-state index contributed by atoms with van der Waals surface area (Å²) in [6.45, 7) is 7.66. The predicted molar refractivity (Wildman–Crippen MR) is 73.2 cm³/mol. The number of hydrogen-bond acceptors (Lipinski definition) is 3. The summed E-state index contributed by atoms with van der Waals surface area (Å²) in [5.41, 5.74) is 0. The predicted octanol–water partition coefficient (Wildman–Crippen LogP) is 1.70. The lowest BCUT2D eigenvalue weighted by molar-refractivity contribution is -0.137. The number of rotatable bonds is 10. The number of hydrogen-bond donors (Lipinski definition) is 2. The van der Waals surface area contributed by atoms with Crippen molar-refractivity contribution in [1.82, 2.24) is 10.2 Å². The number of nitrogens with one attached hydrogen (secondary N) is 1. The van der Waals surface area contributed by atoms with Gasteiger partial charge < -0.3 is 20.1 Å². The number of amides is 2. The molecular weight excluding hydrogens is 248 g/mol. The molecule has 0 unspecified atom stereocenters. The van der Waals surface area contributed by atoms with Crippen molar-refractivity contribution in [2.75, 3.05) is 26.3 Å². The summed E-state index contributed by atoms with van der Waals surface area (Å²) in [6.07, 6.45) is 2.06. The van der Waals surface area contributed by atoms with Crippen molar-refractivity contribution in [3.05, 3.63) is 0 Å². The normalized spacial score (nSPS) is 10.5. The van der Waals surface area contributed by atoms with Crippen molar-refractivity contribution >= 4 is 12.0 Å². The van der Waals surface area contributed by atoms with E-state index in [1.165, 1.54) is 4.90 Å². The molecule has 0 atom stereocenters. The van der Waals surface area contributed by atoms with Crippen molar-refractivity contribution in [1.29, 1.82) is 0 Å². The van der Waals surface area contributed by atoms with E-state index >= 15 is 0 Å². The first-order valence-corrected chi connectivity index (χ1v) is 6.83. The lowest BCUT2D eigenvalue weighted by Gasteiger charge is -2.26. The van der Waals surface area contributed by atoms with Gasteiger partial charge in [0.05, 0.1) is 13.0 Å². The molecule has 0 bridgehead atoms. The number of unbranched alkanes of at least 4 members (excludes halogenated alkanes) is 1. The Morgan fingerprint density at radius 1 is 1.32 bits per heavy atom. The van der Waals surface area contributed by atoms with Gasteiger partial charge in [0, 0.05) is 25.7 Å². The number of nitrogens with zero attached hydrogens (tertiary/aromatic N) is 1. The molecule has 2 amide bonds. The Hall–Kier alpha value is -1.30. The van der Waals surface area contributed by atoms with Gasteiger partial charge in [-0.3, -0.25) is 4.79 Å². The molecule has 0 aromatic carbocycles. The van der Waals surface area contributed by atoms with Crippen LogP contribution in [0.2, 0.25) is 0 Å². The van der Waals surface area contributed by atoms with Crippen molar-refractivity contribution in [2.45, 2.75) is 46.1 Å². The highest BCUT2D eigenvalue weighted by molar-refractivity contribution is 5.75. The quantitative estimate of drug-likeness (QED) is 0.594. The summed E-state index contributed by atoms with van der Waals surface area (Å²) >= 11 is 0. The van der Waals surface area contributed by atoms with Crippen LogP contribution in [0, 0.1) is 0 Å².